The zero-order valence-corrected chi connectivity index (χ0v) is 14.5. The van der Waals surface area contributed by atoms with Crippen molar-refractivity contribution in [3.63, 3.8) is 0 Å². The summed E-state index contributed by atoms with van der Waals surface area (Å²) in [4.78, 5) is 12.3. The third-order valence-electron chi connectivity index (χ3n) is 3.80. The first kappa shape index (κ1) is 16.9. The van der Waals surface area contributed by atoms with Crippen molar-refractivity contribution in [1.29, 1.82) is 0 Å². The van der Waals surface area contributed by atoms with Gasteiger partial charge >= 0.3 is 0 Å². The summed E-state index contributed by atoms with van der Waals surface area (Å²) in [5.74, 6) is -0.136. The van der Waals surface area contributed by atoms with Crippen molar-refractivity contribution >= 4 is 5.91 Å². The average Bonchev–Trinajstić information content (AvgIpc) is 3.19. The van der Waals surface area contributed by atoms with Gasteiger partial charge in [-0.05, 0) is 50.2 Å². The minimum absolute atomic E-state index is 0.136. The summed E-state index contributed by atoms with van der Waals surface area (Å²) in [6, 6.07) is 11.3. The van der Waals surface area contributed by atoms with Gasteiger partial charge in [-0.15, -0.1) is 0 Å². The number of benzene rings is 1. The topological polar surface area (TPSA) is 84.8 Å². The first-order chi connectivity index (χ1) is 12.1. The molecule has 3 rings (SSSR count). The molecule has 7 heteroatoms. The number of H-pyrrole nitrogens is 1. The summed E-state index contributed by atoms with van der Waals surface area (Å²) in [5.41, 5.74) is 5.19. The van der Waals surface area contributed by atoms with E-state index in [9.17, 15) is 4.79 Å². The number of nitrogens with one attached hydrogen (secondary N) is 2. The first-order valence-corrected chi connectivity index (χ1v) is 8.01. The molecule has 130 valence electrons. The number of methoxy groups -OCH3 is 1. The highest BCUT2D eigenvalue weighted by Gasteiger charge is 2.09. The smallest absolute Gasteiger partial charge is 0.251 e. The lowest BCUT2D eigenvalue weighted by Gasteiger charge is -2.07. The Balaban J connectivity index is 1.63. The molecule has 0 aliphatic heterocycles. The van der Waals surface area contributed by atoms with Crippen LogP contribution in [0.15, 0.2) is 36.4 Å². The fraction of sp³-hybridized carbons (Fsp3) is 0.278. The summed E-state index contributed by atoms with van der Waals surface area (Å²) in [5, 5.41) is 14.3. The van der Waals surface area contributed by atoms with E-state index in [0.717, 1.165) is 28.5 Å². The number of ether oxygens (including phenoxy) is 1. The van der Waals surface area contributed by atoms with Crippen LogP contribution in [0.1, 0.15) is 33.1 Å². The molecular formula is C18H21N5O2. The SMILES string of the molecule is COCc1cc(CNC(=O)c2ccc(-n3nc(C)cc3C)cc2)[nH]n1. The quantitative estimate of drug-likeness (QED) is 0.721. The Morgan fingerprint density at radius 2 is 2.00 bits per heavy atom. The van der Waals surface area contributed by atoms with Crippen molar-refractivity contribution < 1.29 is 9.53 Å². The van der Waals surface area contributed by atoms with Crippen LogP contribution in [0.2, 0.25) is 0 Å². The molecule has 0 radical (unpaired) electrons. The summed E-state index contributed by atoms with van der Waals surface area (Å²) in [6.07, 6.45) is 0. The standard InChI is InChI=1S/C18H21N5O2/c1-12-8-13(2)23(22-12)17-6-4-14(5-7-17)18(24)19-10-15-9-16(11-25-3)21-20-15/h4-9H,10-11H2,1-3H3,(H,19,24)(H,20,21). The predicted octanol–water partition coefficient (Wildman–Crippen LogP) is 2.29. The molecule has 3 aromatic rings. The van der Waals surface area contributed by atoms with E-state index in [2.05, 4.69) is 20.6 Å². The second-order valence-corrected chi connectivity index (χ2v) is 5.89. The van der Waals surface area contributed by atoms with Gasteiger partial charge in [-0.1, -0.05) is 0 Å². The lowest BCUT2D eigenvalue weighted by molar-refractivity contribution is 0.0950. The van der Waals surface area contributed by atoms with Crippen LogP contribution in [-0.4, -0.2) is 33.0 Å². The fourth-order valence-electron chi connectivity index (χ4n) is 2.64. The molecular weight excluding hydrogens is 318 g/mol. The zero-order chi connectivity index (χ0) is 17.8. The number of hydrogen-bond acceptors (Lipinski definition) is 4. The van der Waals surface area contributed by atoms with E-state index in [1.54, 1.807) is 19.2 Å². The van der Waals surface area contributed by atoms with Gasteiger partial charge in [0.15, 0.2) is 0 Å². The molecule has 0 fully saturated rings. The highest BCUT2D eigenvalue weighted by Crippen LogP contribution is 2.13. The van der Waals surface area contributed by atoms with Crippen molar-refractivity contribution in [3.05, 3.63) is 64.7 Å². The number of aryl methyl sites for hydroxylation is 2. The van der Waals surface area contributed by atoms with Crippen LogP contribution in [0.5, 0.6) is 0 Å². The Hall–Kier alpha value is -2.93. The molecule has 0 spiro atoms. The summed E-state index contributed by atoms with van der Waals surface area (Å²) >= 11 is 0. The Bertz CT molecular complexity index is 864. The molecule has 0 saturated heterocycles. The number of aromatic amines is 1. The number of hydrogen-bond donors (Lipinski definition) is 2. The lowest BCUT2D eigenvalue weighted by Crippen LogP contribution is -2.23. The molecule has 2 aromatic heterocycles. The Labute approximate surface area is 146 Å². The molecule has 0 atom stereocenters. The van der Waals surface area contributed by atoms with Crippen LogP contribution >= 0.6 is 0 Å². The van der Waals surface area contributed by atoms with E-state index in [1.165, 1.54) is 0 Å². The molecule has 2 heterocycles. The molecule has 0 aliphatic rings. The van der Waals surface area contributed by atoms with Crippen molar-refractivity contribution in [2.75, 3.05) is 7.11 Å². The van der Waals surface area contributed by atoms with Crippen LogP contribution in [0.25, 0.3) is 5.69 Å². The Morgan fingerprint density at radius 3 is 2.64 bits per heavy atom. The highest BCUT2D eigenvalue weighted by atomic mass is 16.5. The first-order valence-electron chi connectivity index (χ1n) is 8.01. The fourth-order valence-corrected chi connectivity index (χ4v) is 2.64. The van der Waals surface area contributed by atoms with Gasteiger partial charge in [0.05, 0.1) is 35.9 Å². The van der Waals surface area contributed by atoms with Crippen LogP contribution in [0, 0.1) is 13.8 Å². The molecule has 0 bridgehead atoms. The van der Waals surface area contributed by atoms with Crippen molar-refractivity contribution in [2.45, 2.75) is 27.0 Å². The van der Waals surface area contributed by atoms with E-state index in [1.807, 2.05) is 42.8 Å². The Kier molecular flexibility index (Phi) is 4.95. The van der Waals surface area contributed by atoms with Crippen molar-refractivity contribution in [3.8, 4) is 5.69 Å². The number of rotatable bonds is 6. The van der Waals surface area contributed by atoms with Gasteiger partial charge in [-0.25, -0.2) is 4.68 Å². The van der Waals surface area contributed by atoms with Gasteiger partial charge in [-0.3, -0.25) is 9.89 Å². The largest absolute Gasteiger partial charge is 0.378 e. The lowest BCUT2D eigenvalue weighted by atomic mass is 10.2. The minimum Gasteiger partial charge on any atom is -0.378 e. The highest BCUT2D eigenvalue weighted by molar-refractivity contribution is 5.94. The van der Waals surface area contributed by atoms with Gasteiger partial charge in [0.2, 0.25) is 0 Å². The molecule has 25 heavy (non-hydrogen) atoms. The van der Waals surface area contributed by atoms with E-state index in [0.29, 0.717) is 18.7 Å². The van der Waals surface area contributed by atoms with Gasteiger partial charge in [0.1, 0.15) is 0 Å². The third-order valence-corrected chi connectivity index (χ3v) is 3.80. The molecule has 7 nitrogen and oxygen atoms in total. The van der Waals surface area contributed by atoms with E-state index < -0.39 is 0 Å². The maximum absolute atomic E-state index is 12.3. The number of amides is 1. The number of carbonyl (C=O) groups excluding carboxylic acids is 1. The van der Waals surface area contributed by atoms with E-state index >= 15 is 0 Å². The molecule has 1 aromatic carbocycles. The van der Waals surface area contributed by atoms with Crippen molar-refractivity contribution in [1.82, 2.24) is 25.3 Å². The van der Waals surface area contributed by atoms with Gasteiger partial charge in [0.25, 0.3) is 5.91 Å². The summed E-state index contributed by atoms with van der Waals surface area (Å²) in [7, 11) is 1.62. The number of aromatic nitrogens is 4. The minimum atomic E-state index is -0.136. The van der Waals surface area contributed by atoms with Gasteiger partial charge < -0.3 is 10.1 Å². The second-order valence-electron chi connectivity index (χ2n) is 5.89. The van der Waals surface area contributed by atoms with Gasteiger partial charge in [0, 0.05) is 18.4 Å². The van der Waals surface area contributed by atoms with Crippen LogP contribution in [0.3, 0.4) is 0 Å². The van der Waals surface area contributed by atoms with Crippen LogP contribution < -0.4 is 5.32 Å². The molecule has 0 saturated carbocycles. The van der Waals surface area contributed by atoms with Gasteiger partial charge in [-0.2, -0.15) is 10.2 Å². The maximum atomic E-state index is 12.3. The average molecular weight is 339 g/mol. The van der Waals surface area contributed by atoms with Crippen molar-refractivity contribution in [2.24, 2.45) is 0 Å². The monoisotopic (exact) mass is 339 g/mol. The summed E-state index contributed by atoms with van der Waals surface area (Å²) < 4.78 is 6.88. The van der Waals surface area contributed by atoms with E-state index in [-0.39, 0.29) is 5.91 Å². The van der Waals surface area contributed by atoms with Crippen LogP contribution in [-0.2, 0) is 17.9 Å². The van der Waals surface area contributed by atoms with E-state index in [4.69, 9.17) is 4.74 Å². The molecule has 0 aliphatic carbocycles. The van der Waals surface area contributed by atoms with Crippen LogP contribution in [0.4, 0.5) is 0 Å². The normalized spacial score (nSPS) is 10.8. The second kappa shape index (κ2) is 7.31. The third kappa shape index (κ3) is 3.95. The zero-order valence-electron chi connectivity index (χ0n) is 14.5. The maximum Gasteiger partial charge on any atom is 0.251 e. The predicted molar refractivity (Wildman–Crippen MR) is 93.5 cm³/mol. The number of carbonyl (C=O) groups is 1. The Morgan fingerprint density at radius 1 is 1.24 bits per heavy atom. The number of nitrogens with zero attached hydrogens (tertiary/aromatic N) is 3. The molecule has 0 unspecified atom stereocenters. The molecule has 1 amide bonds. The summed E-state index contributed by atoms with van der Waals surface area (Å²) in [6.45, 7) is 4.79. The molecule has 2 N–H and O–H groups in total.